The summed E-state index contributed by atoms with van der Waals surface area (Å²) in [6.07, 6.45) is 0. The van der Waals surface area contributed by atoms with Gasteiger partial charge >= 0.3 is 23.0 Å². The van der Waals surface area contributed by atoms with Gasteiger partial charge in [0.05, 0.1) is 0 Å². The molecule has 0 aliphatic rings. The van der Waals surface area contributed by atoms with Gasteiger partial charge < -0.3 is 24.5 Å². The van der Waals surface area contributed by atoms with Crippen molar-refractivity contribution in [2.75, 3.05) is 13.3 Å². The van der Waals surface area contributed by atoms with Crippen LogP contribution in [0.25, 0.3) is 0 Å². The maximum Gasteiger partial charge on any atom is 0.476 e. The van der Waals surface area contributed by atoms with Gasteiger partial charge in [-0.2, -0.15) is 0 Å². The maximum atomic E-state index is 10.1. The molecule has 0 heterocycles. The van der Waals surface area contributed by atoms with Gasteiger partial charge in [-0.3, -0.25) is 9.13 Å². The average molecular weight is 272 g/mol. The first-order valence-electron chi connectivity index (χ1n) is 2.81. The molecule has 1 atom stereocenters. The topological polar surface area (TPSA) is 162 Å². The fourth-order valence-corrected chi connectivity index (χ4v) is 1.78. The molecule has 0 aromatic rings. The molecule has 0 saturated heterocycles. The summed E-state index contributed by atoms with van der Waals surface area (Å²) >= 11 is 0. The molecule has 0 aromatic heterocycles. The van der Waals surface area contributed by atoms with Crippen LogP contribution in [-0.2, 0) is 18.0 Å². The largest absolute Gasteiger partial charge is 0.476 e. The lowest BCUT2D eigenvalue weighted by molar-refractivity contribution is 0.266. The number of hydrogen-bond donors (Lipinski definition) is 5. The fourth-order valence-electron chi connectivity index (χ4n) is 0.197. The minimum absolute atomic E-state index is 0.687. The summed E-state index contributed by atoms with van der Waals surface area (Å²) in [6, 6.07) is 0. The van der Waals surface area contributed by atoms with Crippen molar-refractivity contribution in [3.8, 4) is 0 Å². The molecule has 0 aliphatic heterocycles. The summed E-state index contributed by atoms with van der Waals surface area (Å²) in [4.78, 5) is 39.3. The fraction of sp³-hybridized carbons (Fsp3) is 1.00. The van der Waals surface area contributed by atoms with E-state index >= 15 is 0 Å². The Bertz CT molecular complexity index is 261. The average Bonchev–Trinajstić information content (AvgIpc) is 1.42. The van der Waals surface area contributed by atoms with Crippen LogP contribution < -0.4 is 0 Å². The molecule has 88 valence electrons. The third-order valence-corrected chi connectivity index (χ3v) is 2.32. The minimum atomic E-state index is -4.80. The van der Waals surface area contributed by atoms with E-state index < -0.39 is 23.0 Å². The lowest BCUT2D eigenvalue weighted by atomic mass is 12.0. The van der Waals surface area contributed by atoms with Gasteiger partial charge in [0.25, 0.3) is 0 Å². The Morgan fingerprint density at radius 2 is 1.07 bits per heavy atom. The van der Waals surface area contributed by atoms with E-state index in [4.69, 9.17) is 24.5 Å². The predicted octanol–water partition coefficient (Wildman–Crippen LogP) is -0.295. The van der Waals surface area contributed by atoms with Crippen molar-refractivity contribution in [1.82, 2.24) is 0 Å². The zero-order valence-electron chi connectivity index (χ0n) is 7.21. The Labute approximate surface area is 79.7 Å². The summed E-state index contributed by atoms with van der Waals surface area (Å²) < 4.78 is 32.6. The van der Waals surface area contributed by atoms with Crippen molar-refractivity contribution < 1.29 is 42.5 Å². The molecule has 12 heteroatoms. The van der Waals surface area contributed by atoms with Crippen molar-refractivity contribution in [1.29, 1.82) is 0 Å². The first kappa shape index (κ1) is 16.9. The quantitative estimate of drug-likeness (QED) is 0.425. The highest BCUT2D eigenvalue weighted by molar-refractivity contribution is 7.63. The van der Waals surface area contributed by atoms with Crippen molar-refractivity contribution >= 4 is 23.0 Å². The second-order valence-corrected chi connectivity index (χ2v) is 7.12. The van der Waals surface area contributed by atoms with Crippen molar-refractivity contribution in [2.24, 2.45) is 0 Å². The molecule has 0 radical (unpaired) electrons. The zero-order chi connectivity index (χ0) is 12.2. The summed E-state index contributed by atoms with van der Waals surface area (Å²) in [5, 5.41) is 0. The Morgan fingerprint density at radius 1 is 0.857 bits per heavy atom. The number of phosphoric acid groups is 1. The Kier molecular flexibility index (Phi) is 6.64. The van der Waals surface area contributed by atoms with E-state index in [9.17, 15) is 13.7 Å². The molecule has 0 saturated carbocycles. The molecule has 0 rings (SSSR count). The molecule has 1 unspecified atom stereocenters. The normalized spacial score (nSPS) is 16.5. The van der Waals surface area contributed by atoms with Gasteiger partial charge in [-0.15, -0.1) is 0 Å². The third-order valence-electron chi connectivity index (χ3n) is 0.258. The van der Waals surface area contributed by atoms with Crippen LogP contribution in [0.5, 0.6) is 0 Å². The van der Waals surface area contributed by atoms with E-state index in [1.807, 2.05) is 0 Å². The van der Waals surface area contributed by atoms with Gasteiger partial charge in [-0.1, -0.05) is 0 Å². The van der Waals surface area contributed by atoms with Gasteiger partial charge in [0, 0.05) is 13.3 Å². The van der Waals surface area contributed by atoms with Crippen LogP contribution in [0.3, 0.4) is 0 Å². The standard InChI is InChI=1S/CH6O6P2.CH5O3P/c1-8(2,3)7-9(4,5)6;1-5(2,3)4/h1H3,(H,2,3)(H2,4,5,6);1H3,(H2,2,3,4). The molecule has 14 heavy (non-hydrogen) atoms. The molecule has 0 bridgehead atoms. The van der Waals surface area contributed by atoms with Crippen LogP contribution in [0.2, 0.25) is 0 Å². The summed E-state index contributed by atoms with van der Waals surface area (Å²) in [5.74, 6) is 0. The van der Waals surface area contributed by atoms with Crippen LogP contribution in [0.15, 0.2) is 0 Å². The van der Waals surface area contributed by atoms with E-state index in [2.05, 4.69) is 4.31 Å². The molecule has 0 fully saturated rings. The van der Waals surface area contributed by atoms with E-state index in [0.717, 1.165) is 6.66 Å². The Morgan fingerprint density at radius 3 is 1.07 bits per heavy atom. The molecular formula is C2H11O9P3. The van der Waals surface area contributed by atoms with Crippen LogP contribution in [0.4, 0.5) is 0 Å². The second kappa shape index (κ2) is 5.51. The minimum Gasteiger partial charge on any atom is -0.325 e. The zero-order valence-corrected chi connectivity index (χ0v) is 9.89. The first-order chi connectivity index (χ1) is 5.71. The highest BCUT2D eigenvalue weighted by atomic mass is 31.3. The molecule has 0 aliphatic carbocycles. The van der Waals surface area contributed by atoms with Crippen LogP contribution in [0.1, 0.15) is 0 Å². The maximum absolute atomic E-state index is 10.1. The molecule has 9 nitrogen and oxygen atoms in total. The molecule has 0 aromatic carbocycles. The molecule has 5 N–H and O–H groups in total. The SMILES string of the molecule is CP(=O)(O)O.CP(=O)(O)OP(=O)(O)O. The highest BCUT2D eigenvalue weighted by Gasteiger charge is 2.24. The lowest BCUT2D eigenvalue weighted by Gasteiger charge is -2.05. The van der Waals surface area contributed by atoms with Gasteiger partial charge in [0.1, 0.15) is 0 Å². The second-order valence-electron chi connectivity index (χ2n) is 2.21. The first-order valence-corrected chi connectivity index (χ1v) is 8.42. The smallest absolute Gasteiger partial charge is 0.325 e. The van der Waals surface area contributed by atoms with E-state index in [0.29, 0.717) is 6.66 Å². The lowest BCUT2D eigenvalue weighted by Crippen LogP contribution is -1.83. The summed E-state index contributed by atoms with van der Waals surface area (Å²) in [6.45, 7) is 1.54. The van der Waals surface area contributed by atoms with Crippen LogP contribution in [0, 0.1) is 0 Å². The molecular weight excluding hydrogens is 261 g/mol. The van der Waals surface area contributed by atoms with Crippen molar-refractivity contribution in [3.05, 3.63) is 0 Å². The monoisotopic (exact) mass is 272 g/mol. The van der Waals surface area contributed by atoms with Crippen LogP contribution in [-0.4, -0.2) is 37.8 Å². The van der Waals surface area contributed by atoms with Crippen molar-refractivity contribution in [3.63, 3.8) is 0 Å². The van der Waals surface area contributed by atoms with Crippen LogP contribution >= 0.6 is 23.0 Å². The molecule has 0 amide bonds. The van der Waals surface area contributed by atoms with E-state index in [1.54, 1.807) is 0 Å². The third kappa shape index (κ3) is 39.2. The Hall–Kier alpha value is 0.450. The predicted molar refractivity (Wildman–Crippen MR) is 46.8 cm³/mol. The molecule has 0 spiro atoms. The number of hydrogen-bond acceptors (Lipinski definition) is 4. The Balaban J connectivity index is 0. The van der Waals surface area contributed by atoms with E-state index in [-0.39, 0.29) is 0 Å². The van der Waals surface area contributed by atoms with Gasteiger partial charge in [0.15, 0.2) is 0 Å². The van der Waals surface area contributed by atoms with Gasteiger partial charge in [-0.05, 0) is 0 Å². The number of rotatable bonds is 2. The highest BCUT2D eigenvalue weighted by Crippen LogP contribution is 2.54. The van der Waals surface area contributed by atoms with E-state index in [1.165, 1.54) is 0 Å². The van der Waals surface area contributed by atoms with Gasteiger partial charge in [0.2, 0.25) is 0 Å². The van der Waals surface area contributed by atoms with Crippen molar-refractivity contribution in [2.45, 2.75) is 0 Å². The van der Waals surface area contributed by atoms with Gasteiger partial charge in [-0.25, -0.2) is 8.88 Å². The summed E-state index contributed by atoms with van der Waals surface area (Å²) in [5.41, 5.74) is 0. The summed E-state index contributed by atoms with van der Waals surface area (Å²) in [7, 11) is -12.5.